The van der Waals surface area contributed by atoms with Crippen LogP contribution in [0.1, 0.15) is 40.0 Å². The fourth-order valence-electron chi connectivity index (χ4n) is 2.63. The van der Waals surface area contributed by atoms with Crippen molar-refractivity contribution in [3.05, 3.63) is 33.5 Å². The van der Waals surface area contributed by atoms with Crippen molar-refractivity contribution in [3.63, 3.8) is 0 Å². The summed E-state index contributed by atoms with van der Waals surface area (Å²) in [5, 5.41) is 9.15. The number of aromatic nitrogens is 3. The molecule has 0 spiro atoms. The van der Waals surface area contributed by atoms with Crippen LogP contribution in [0.15, 0.2) is 12.4 Å². The molecule has 0 saturated carbocycles. The highest BCUT2D eigenvalue weighted by Crippen LogP contribution is 2.29. The maximum atomic E-state index is 4.37. The van der Waals surface area contributed by atoms with Crippen molar-refractivity contribution >= 4 is 11.3 Å². The molecule has 1 atom stereocenters. The molecule has 0 bridgehead atoms. The highest BCUT2D eigenvalue weighted by Gasteiger charge is 2.22. The number of fused-ring (bicyclic) bond motifs is 1. The second kappa shape index (κ2) is 4.82. The molecule has 2 aromatic heterocycles. The molecular weight excluding hydrogens is 244 g/mol. The Kier molecular flexibility index (Phi) is 3.18. The van der Waals surface area contributed by atoms with Crippen LogP contribution in [-0.4, -0.2) is 14.8 Å². The van der Waals surface area contributed by atoms with Gasteiger partial charge in [0.15, 0.2) is 0 Å². The van der Waals surface area contributed by atoms with E-state index in [0.29, 0.717) is 6.04 Å². The van der Waals surface area contributed by atoms with Gasteiger partial charge in [-0.2, -0.15) is 5.10 Å². The molecule has 0 amide bonds. The molecule has 2 heterocycles. The van der Waals surface area contributed by atoms with E-state index in [1.165, 1.54) is 29.0 Å². The van der Waals surface area contributed by atoms with E-state index in [-0.39, 0.29) is 0 Å². The van der Waals surface area contributed by atoms with Gasteiger partial charge >= 0.3 is 0 Å². The normalized spacial score (nSPS) is 18.9. The number of aryl methyl sites for hydroxylation is 2. The van der Waals surface area contributed by atoms with Gasteiger partial charge in [0.25, 0.3) is 0 Å². The number of nitrogens with one attached hydrogen (secondary N) is 1. The van der Waals surface area contributed by atoms with E-state index in [4.69, 9.17) is 0 Å². The second-order valence-corrected chi connectivity index (χ2v) is 6.16. The van der Waals surface area contributed by atoms with Crippen molar-refractivity contribution < 1.29 is 0 Å². The summed E-state index contributed by atoms with van der Waals surface area (Å²) in [4.78, 5) is 5.60. The van der Waals surface area contributed by atoms with Gasteiger partial charge in [0.2, 0.25) is 0 Å². The van der Waals surface area contributed by atoms with Gasteiger partial charge in [0.05, 0.1) is 11.2 Å². The quantitative estimate of drug-likeness (QED) is 0.923. The maximum Gasteiger partial charge on any atom is 0.0897 e. The first-order chi connectivity index (χ1) is 8.74. The highest BCUT2D eigenvalue weighted by atomic mass is 32.1. The van der Waals surface area contributed by atoms with Crippen LogP contribution in [0.3, 0.4) is 0 Å². The molecule has 0 radical (unpaired) electrons. The zero-order valence-electron chi connectivity index (χ0n) is 10.8. The molecule has 18 heavy (non-hydrogen) atoms. The number of rotatable bonds is 3. The molecule has 0 saturated heterocycles. The number of nitrogens with zero attached hydrogens (tertiary/aromatic N) is 3. The molecule has 2 aromatic rings. The number of hydrogen-bond acceptors (Lipinski definition) is 4. The maximum absolute atomic E-state index is 4.37. The summed E-state index contributed by atoms with van der Waals surface area (Å²) >= 11 is 1.77. The second-order valence-electron chi connectivity index (χ2n) is 4.84. The Bertz CT molecular complexity index is 543. The van der Waals surface area contributed by atoms with Crippen LogP contribution in [0, 0.1) is 6.92 Å². The molecule has 0 aromatic carbocycles. The van der Waals surface area contributed by atoms with E-state index in [0.717, 1.165) is 18.0 Å². The topological polar surface area (TPSA) is 42.7 Å². The van der Waals surface area contributed by atoms with Crippen molar-refractivity contribution in [3.8, 4) is 0 Å². The fourth-order valence-corrected chi connectivity index (χ4v) is 3.37. The summed E-state index contributed by atoms with van der Waals surface area (Å²) in [5.74, 6) is 0. The van der Waals surface area contributed by atoms with E-state index in [9.17, 15) is 0 Å². The van der Waals surface area contributed by atoms with Crippen LogP contribution >= 0.6 is 11.3 Å². The summed E-state index contributed by atoms with van der Waals surface area (Å²) in [5.41, 5.74) is 2.77. The lowest BCUT2D eigenvalue weighted by atomic mass is 9.93. The Morgan fingerprint density at radius 3 is 3.17 bits per heavy atom. The fraction of sp³-hybridized carbons (Fsp3) is 0.538. The molecule has 1 aliphatic carbocycles. The molecule has 0 fully saturated rings. The molecule has 5 heteroatoms. The average molecular weight is 262 g/mol. The minimum atomic E-state index is 0.449. The molecule has 1 unspecified atom stereocenters. The molecule has 1 aliphatic rings. The predicted octanol–water partition coefficient (Wildman–Crippen LogP) is 2.35. The lowest BCUT2D eigenvalue weighted by Crippen LogP contribution is -2.24. The summed E-state index contributed by atoms with van der Waals surface area (Å²) in [7, 11) is 2.04. The summed E-state index contributed by atoms with van der Waals surface area (Å²) in [6.45, 7) is 2.96. The summed E-state index contributed by atoms with van der Waals surface area (Å²) in [6.07, 6.45) is 7.59. The molecule has 4 nitrogen and oxygen atoms in total. The van der Waals surface area contributed by atoms with Crippen LogP contribution in [-0.2, 0) is 20.0 Å². The van der Waals surface area contributed by atoms with Crippen molar-refractivity contribution in [2.24, 2.45) is 7.05 Å². The van der Waals surface area contributed by atoms with Crippen LogP contribution in [0.2, 0.25) is 0 Å². The van der Waals surface area contributed by atoms with Crippen LogP contribution in [0.25, 0.3) is 0 Å². The Balaban J connectivity index is 1.71. The van der Waals surface area contributed by atoms with E-state index in [2.05, 4.69) is 15.4 Å². The third kappa shape index (κ3) is 2.20. The summed E-state index contributed by atoms with van der Waals surface area (Å²) < 4.78 is 2.01. The lowest BCUT2D eigenvalue weighted by molar-refractivity contribution is 0.453. The first-order valence-corrected chi connectivity index (χ1v) is 7.21. The zero-order valence-corrected chi connectivity index (χ0v) is 11.6. The van der Waals surface area contributed by atoms with Crippen molar-refractivity contribution in [1.82, 2.24) is 20.1 Å². The van der Waals surface area contributed by atoms with Gasteiger partial charge in [-0.05, 0) is 26.2 Å². The molecule has 1 N–H and O–H groups in total. The molecule has 96 valence electrons. The van der Waals surface area contributed by atoms with E-state index in [1.807, 2.05) is 31.0 Å². The average Bonchev–Trinajstić information content (AvgIpc) is 2.94. The van der Waals surface area contributed by atoms with E-state index < -0.39 is 0 Å². The Labute approximate surface area is 111 Å². The number of hydrogen-bond donors (Lipinski definition) is 1. The van der Waals surface area contributed by atoms with Gasteiger partial charge in [0, 0.05) is 42.0 Å². The standard InChI is InChI=1S/C13H18N4S/c1-9-14-6-10(18-9)7-15-12-4-3-5-13-11(12)8-16-17(13)2/h6,8,12,15H,3-5,7H2,1-2H3. The number of thiazole rings is 1. The third-order valence-corrected chi connectivity index (χ3v) is 4.48. The first-order valence-electron chi connectivity index (χ1n) is 6.39. The van der Waals surface area contributed by atoms with E-state index in [1.54, 1.807) is 11.3 Å². The molecule has 0 aliphatic heterocycles. The monoisotopic (exact) mass is 262 g/mol. The largest absolute Gasteiger partial charge is 0.305 e. The Morgan fingerprint density at radius 1 is 1.50 bits per heavy atom. The van der Waals surface area contributed by atoms with Gasteiger partial charge < -0.3 is 5.32 Å². The minimum Gasteiger partial charge on any atom is -0.305 e. The smallest absolute Gasteiger partial charge is 0.0897 e. The summed E-state index contributed by atoms with van der Waals surface area (Å²) in [6, 6.07) is 0.449. The Hall–Kier alpha value is -1.20. The van der Waals surface area contributed by atoms with Gasteiger partial charge in [-0.25, -0.2) is 4.98 Å². The van der Waals surface area contributed by atoms with Gasteiger partial charge in [-0.15, -0.1) is 11.3 Å². The Morgan fingerprint density at radius 2 is 2.39 bits per heavy atom. The highest BCUT2D eigenvalue weighted by molar-refractivity contribution is 7.11. The van der Waals surface area contributed by atoms with Gasteiger partial charge in [-0.1, -0.05) is 0 Å². The van der Waals surface area contributed by atoms with Crippen LogP contribution in [0.5, 0.6) is 0 Å². The lowest BCUT2D eigenvalue weighted by Gasteiger charge is -2.23. The van der Waals surface area contributed by atoms with Crippen molar-refractivity contribution in [1.29, 1.82) is 0 Å². The van der Waals surface area contributed by atoms with Gasteiger partial charge in [-0.3, -0.25) is 4.68 Å². The van der Waals surface area contributed by atoms with Crippen molar-refractivity contribution in [2.45, 2.75) is 38.8 Å². The van der Waals surface area contributed by atoms with Crippen molar-refractivity contribution in [2.75, 3.05) is 0 Å². The first kappa shape index (κ1) is 11.9. The predicted molar refractivity (Wildman–Crippen MR) is 72.6 cm³/mol. The van der Waals surface area contributed by atoms with E-state index >= 15 is 0 Å². The van der Waals surface area contributed by atoms with Gasteiger partial charge in [0.1, 0.15) is 0 Å². The third-order valence-electron chi connectivity index (χ3n) is 3.57. The molecule has 3 rings (SSSR count). The SMILES string of the molecule is Cc1ncc(CNC2CCCc3c2cnn3C)s1. The van der Waals surface area contributed by atoms with Crippen LogP contribution < -0.4 is 5.32 Å². The molecular formula is C13H18N4S. The zero-order chi connectivity index (χ0) is 12.5. The minimum absolute atomic E-state index is 0.449. The van der Waals surface area contributed by atoms with Crippen LogP contribution in [0.4, 0.5) is 0 Å².